The van der Waals surface area contributed by atoms with Crippen LogP contribution in [0.3, 0.4) is 0 Å². The van der Waals surface area contributed by atoms with E-state index in [0.29, 0.717) is 6.04 Å². The number of benzene rings is 1. The van der Waals surface area contributed by atoms with Gasteiger partial charge in [-0.25, -0.2) is 0 Å². The van der Waals surface area contributed by atoms with Crippen LogP contribution in [0.5, 0.6) is 5.75 Å². The molecule has 0 atom stereocenters. The van der Waals surface area contributed by atoms with Gasteiger partial charge >= 0.3 is 0 Å². The Hall–Kier alpha value is -2.53. The van der Waals surface area contributed by atoms with Gasteiger partial charge < -0.3 is 9.15 Å². The first-order valence-electron chi connectivity index (χ1n) is 9.76. The maximum atomic E-state index is 6.66. The number of hydrogen-bond donors (Lipinski definition) is 0. The number of rotatable bonds is 3. The second-order valence-electron chi connectivity index (χ2n) is 7.95. The minimum atomic E-state index is -0.274. The van der Waals surface area contributed by atoms with E-state index in [1.807, 2.05) is 18.5 Å². The van der Waals surface area contributed by atoms with Crippen molar-refractivity contribution >= 4 is 0 Å². The number of aromatic nitrogens is 2. The van der Waals surface area contributed by atoms with Crippen molar-refractivity contribution in [1.29, 1.82) is 0 Å². The van der Waals surface area contributed by atoms with Gasteiger partial charge in [-0.05, 0) is 32.0 Å². The van der Waals surface area contributed by atoms with Crippen molar-refractivity contribution in [3.05, 3.63) is 60.2 Å². The highest BCUT2D eigenvalue weighted by Gasteiger charge is 2.45. The summed E-state index contributed by atoms with van der Waals surface area (Å²) in [6.07, 6.45) is 7.56. The molecular weight excluding hydrogens is 338 g/mol. The number of furan rings is 1. The van der Waals surface area contributed by atoms with Crippen LogP contribution >= 0.6 is 0 Å². The molecule has 2 aromatic heterocycles. The molecule has 0 N–H and O–H groups in total. The zero-order valence-corrected chi connectivity index (χ0v) is 15.9. The zero-order valence-electron chi connectivity index (χ0n) is 15.9. The number of ether oxygens (including phenoxy) is 1. The predicted molar refractivity (Wildman–Crippen MR) is 104 cm³/mol. The summed E-state index contributed by atoms with van der Waals surface area (Å²) in [5, 5.41) is 4.74. The minimum absolute atomic E-state index is 0.274. The number of hydrogen-bond acceptors (Lipinski definition) is 4. The third-order valence-electron chi connectivity index (χ3n) is 5.87. The van der Waals surface area contributed by atoms with Crippen LogP contribution in [0.4, 0.5) is 0 Å². The second-order valence-corrected chi connectivity index (χ2v) is 7.95. The van der Waals surface area contributed by atoms with E-state index >= 15 is 0 Å². The quantitative estimate of drug-likeness (QED) is 0.682. The summed E-state index contributed by atoms with van der Waals surface area (Å²) in [5.74, 6) is 0.982. The fraction of sp³-hybridized carbons (Fsp3) is 0.409. The monoisotopic (exact) mass is 363 g/mol. The van der Waals surface area contributed by atoms with E-state index in [4.69, 9.17) is 14.3 Å². The highest BCUT2D eigenvalue weighted by Crippen LogP contribution is 2.50. The standard InChI is InChI=1S/C22H25N3O2/c1-16(2)25-21-18-5-3-4-6-20(18)27-22(19(21)13-23-25)8-10-24(11-9-22)14-17-7-12-26-15-17/h3-7,12-13,15-16H,8-11,14H2,1-2H3. The number of nitrogens with zero attached hydrogens (tertiary/aromatic N) is 3. The van der Waals surface area contributed by atoms with Crippen molar-refractivity contribution in [3.63, 3.8) is 0 Å². The van der Waals surface area contributed by atoms with Crippen LogP contribution < -0.4 is 4.74 Å². The van der Waals surface area contributed by atoms with Crippen LogP contribution in [0.25, 0.3) is 11.3 Å². The third-order valence-corrected chi connectivity index (χ3v) is 5.87. The molecule has 0 amide bonds. The van der Waals surface area contributed by atoms with Crippen molar-refractivity contribution in [2.45, 2.75) is 44.9 Å². The molecule has 0 bridgehead atoms. The van der Waals surface area contributed by atoms with Crippen LogP contribution in [-0.4, -0.2) is 27.8 Å². The Labute approximate surface area is 159 Å². The van der Waals surface area contributed by atoms with Gasteiger partial charge in [-0.2, -0.15) is 5.10 Å². The van der Waals surface area contributed by atoms with E-state index in [9.17, 15) is 0 Å². The molecule has 5 heteroatoms. The third kappa shape index (κ3) is 2.69. The molecule has 5 nitrogen and oxygen atoms in total. The number of likely N-dealkylation sites (tertiary alicyclic amines) is 1. The molecule has 0 unspecified atom stereocenters. The van der Waals surface area contributed by atoms with E-state index in [-0.39, 0.29) is 5.60 Å². The topological polar surface area (TPSA) is 43.4 Å². The molecule has 27 heavy (non-hydrogen) atoms. The molecule has 1 aromatic carbocycles. The Bertz CT molecular complexity index is 934. The Morgan fingerprint density at radius 3 is 2.70 bits per heavy atom. The van der Waals surface area contributed by atoms with Gasteiger partial charge in [0.25, 0.3) is 0 Å². The Morgan fingerprint density at radius 2 is 1.96 bits per heavy atom. The van der Waals surface area contributed by atoms with Crippen LogP contribution in [0.2, 0.25) is 0 Å². The lowest BCUT2D eigenvalue weighted by molar-refractivity contribution is -0.00700. The summed E-state index contributed by atoms with van der Waals surface area (Å²) in [5.41, 5.74) is 4.59. The van der Waals surface area contributed by atoms with Gasteiger partial charge in [-0.1, -0.05) is 12.1 Å². The van der Waals surface area contributed by atoms with E-state index in [2.05, 4.69) is 47.7 Å². The fourth-order valence-electron chi connectivity index (χ4n) is 4.46. The van der Waals surface area contributed by atoms with E-state index in [1.165, 1.54) is 16.8 Å². The second kappa shape index (κ2) is 6.27. The lowest BCUT2D eigenvalue weighted by Gasteiger charge is -2.44. The van der Waals surface area contributed by atoms with Crippen molar-refractivity contribution in [1.82, 2.24) is 14.7 Å². The van der Waals surface area contributed by atoms with Crippen LogP contribution in [-0.2, 0) is 12.1 Å². The minimum Gasteiger partial charge on any atom is -0.482 e. The fourth-order valence-corrected chi connectivity index (χ4v) is 4.46. The molecule has 3 aromatic rings. The van der Waals surface area contributed by atoms with Gasteiger partial charge in [-0.15, -0.1) is 0 Å². The van der Waals surface area contributed by atoms with Crippen LogP contribution in [0.15, 0.2) is 53.5 Å². The van der Waals surface area contributed by atoms with Crippen LogP contribution in [0, 0.1) is 0 Å². The first-order chi connectivity index (χ1) is 13.2. The molecule has 1 saturated heterocycles. The van der Waals surface area contributed by atoms with Crippen molar-refractivity contribution in [2.24, 2.45) is 0 Å². The average Bonchev–Trinajstić information content (AvgIpc) is 3.34. The Kier molecular flexibility index (Phi) is 3.86. The largest absolute Gasteiger partial charge is 0.482 e. The first kappa shape index (κ1) is 16.6. The van der Waals surface area contributed by atoms with E-state index in [0.717, 1.165) is 43.8 Å². The lowest BCUT2D eigenvalue weighted by atomic mass is 9.81. The molecule has 4 heterocycles. The molecule has 1 spiro atoms. The Balaban J connectivity index is 1.48. The maximum Gasteiger partial charge on any atom is 0.140 e. The highest BCUT2D eigenvalue weighted by molar-refractivity contribution is 5.73. The molecule has 0 saturated carbocycles. The van der Waals surface area contributed by atoms with Crippen molar-refractivity contribution in [2.75, 3.05) is 13.1 Å². The van der Waals surface area contributed by atoms with Gasteiger partial charge in [-0.3, -0.25) is 9.58 Å². The zero-order chi connectivity index (χ0) is 18.4. The summed E-state index contributed by atoms with van der Waals surface area (Å²) < 4.78 is 14.0. The molecular formula is C22H25N3O2. The van der Waals surface area contributed by atoms with Gasteiger partial charge in [0.15, 0.2) is 0 Å². The van der Waals surface area contributed by atoms with Gasteiger partial charge in [0.2, 0.25) is 0 Å². The summed E-state index contributed by atoms with van der Waals surface area (Å²) in [6, 6.07) is 10.7. The van der Waals surface area contributed by atoms with Gasteiger partial charge in [0, 0.05) is 55.2 Å². The summed E-state index contributed by atoms with van der Waals surface area (Å²) in [4.78, 5) is 2.48. The molecule has 1 fully saturated rings. The number of para-hydroxylation sites is 1. The molecule has 2 aliphatic rings. The first-order valence-corrected chi connectivity index (χ1v) is 9.76. The molecule has 0 radical (unpaired) electrons. The van der Waals surface area contributed by atoms with Crippen LogP contribution in [0.1, 0.15) is 43.9 Å². The molecule has 140 valence electrons. The Morgan fingerprint density at radius 1 is 1.15 bits per heavy atom. The van der Waals surface area contributed by atoms with Gasteiger partial charge in [0.1, 0.15) is 11.4 Å². The SMILES string of the molecule is CC(C)n1ncc2c1-c1ccccc1OC21CCN(Cc2ccoc2)CC1. The summed E-state index contributed by atoms with van der Waals surface area (Å²) in [7, 11) is 0. The average molecular weight is 363 g/mol. The summed E-state index contributed by atoms with van der Waals surface area (Å²) in [6.45, 7) is 7.30. The lowest BCUT2D eigenvalue weighted by Crippen LogP contribution is -2.47. The van der Waals surface area contributed by atoms with Crippen molar-refractivity contribution < 1.29 is 9.15 Å². The molecule has 5 rings (SSSR count). The molecule has 2 aliphatic heterocycles. The number of fused-ring (bicyclic) bond motifs is 4. The normalized spacial score (nSPS) is 18.3. The van der Waals surface area contributed by atoms with Gasteiger partial charge in [0.05, 0.1) is 24.4 Å². The highest BCUT2D eigenvalue weighted by atomic mass is 16.5. The molecule has 0 aliphatic carbocycles. The summed E-state index contributed by atoms with van der Waals surface area (Å²) >= 11 is 0. The predicted octanol–water partition coefficient (Wildman–Crippen LogP) is 4.61. The van der Waals surface area contributed by atoms with Crippen molar-refractivity contribution in [3.8, 4) is 17.0 Å². The smallest absolute Gasteiger partial charge is 0.140 e. The van der Waals surface area contributed by atoms with E-state index in [1.54, 1.807) is 6.26 Å². The number of piperidine rings is 1. The maximum absolute atomic E-state index is 6.66. The van der Waals surface area contributed by atoms with E-state index < -0.39 is 0 Å².